The van der Waals surface area contributed by atoms with Gasteiger partial charge in [0.15, 0.2) is 0 Å². The van der Waals surface area contributed by atoms with E-state index in [1.807, 2.05) is 19.1 Å². The number of fused-ring (bicyclic) bond motifs is 2. The first-order valence-corrected chi connectivity index (χ1v) is 13.1. The summed E-state index contributed by atoms with van der Waals surface area (Å²) in [6.45, 7) is 1.07. The minimum absolute atomic E-state index is 0.0116. The van der Waals surface area contributed by atoms with E-state index in [-0.39, 0.29) is 22.2 Å². The number of benzene rings is 2. The number of hydrogen-bond donors (Lipinski definition) is 0. The third-order valence-corrected chi connectivity index (χ3v) is 7.31. The summed E-state index contributed by atoms with van der Waals surface area (Å²) in [6.07, 6.45) is 9.47. The zero-order valence-electron chi connectivity index (χ0n) is 22.4. The Morgan fingerprint density at radius 3 is 2.50 bits per heavy atom. The summed E-state index contributed by atoms with van der Waals surface area (Å²) in [5.41, 5.74) is 0.418. The third-order valence-electron chi connectivity index (χ3n) is 7.31. The Labute approximate surface area is 230 Å². The van der Waals surface area contributed by atoms with Crippen molar-refractivity contribution in [1.82, 2.24) is 0 Å². The van der Waals surface area contributed by atoms with Gasteiger partial charge in [-0.3, -0.25) is 4.99 Å². The molecule has 0 N–H and O–H groups in total. The smallest absolute Gasteiger partial charge is 0.429 e. The van der Waals surface area contributed by atoms with Gasteiger partial charge in [0.1, 0.15) is 30.7 Å². The predicted molar refractivity (Wildman–Crippen MR) is 147 cm³/mol. The van der Waals surface area contributed by atoms with E-state index in [0.29, 0.717) is 17.6 Å². The summed E-state index contributed by atoms with van der Waals surface area (Å²) < 4.78 is 89.5. The second-order valence-electron chi connectivity index (χ2n) is 10.2. The molecule has 1 saturated carbocycles. The second kappa shape index (κ2) is 12.3. The maximum Gasteiger partial charge on any atom is 0.429 e. The van der Waals surface area contributed by atoms with Crippen molar-refractivity contribution in [3.8, 4) is 11.1 Å². The van der Waals surface area contributed by atoms with Crippen molar-refractivity contribution >= 4 is 11.8 Å². The van der Waals surface area contributed by atoms with Crippen LogP contribution < -0.4 is 0 Å². The fourth-order valence-corrected chi connectivity index (χ4v) is 5.19. The lowest BCUT2D eigenvalue weighted by atomic mass is 9.93. The van der Waals surface area contributed by atoms with Gasteiger partial charge in [0, 0.05) is 11.8 Å². The Hall–Kier alpha value is -3.55. The highest BCUT2D eigenvalue weighted by molar-refractivity contribution is 5.76. The molecule has 212 valence electrons. The van der Waals surface area contributed by atoms with Crippen LogP contribution in [0, 0.1) is 17.6 Å². The van der Waals surface area contributed by atoms with Crippen LogP contribution in [0.1, 0.15) is 50.7 Å². The van der Waals surface area contributed by atoms with Crippen LogP contribution in [0.2, 0.25) is 0 Å². The summed E-state index contributed by atoms with van der Waals surface area (Å²) in [6, 6.07) is 7.21. The minimum atomic E-state index is -4.19. The van der Waals surface area contributed by atoms with E-state index in [9.17, 15) is 22.0 Å². The Kier molecular flexibility index (Phi) is 9.06. The molecular weight excluding hydrogens is 528 g/mol. The molecule has 40 heavy (non-hydrogen) atoms. The normalized spacial score (nSPS) is 21.6. The van der Waals surface area contributed by atoms with Crippen molar-refractivity contribution in [2.45, 2.75) is 51.2 Å². The molecule has 1 aliphatic heterocycles. The summed E-state index contributed by atoms with van der Waals surface area (Å²) in [4.78, 5) is 4.68. The van der Waals surface area contributed by atoms with Gasteiger partial charge in [-0.05, 0) is 98.1 Å². The van der Waals surface area contributed by atoms with Gasteiger partial charge in [-0.2, -0.15) is 8.78 Å². The van der Waals surface area contributed by atoms with Crippen molar-refractivity contribution < 1.29 is 31.1 Å². The van der Waals surface area contributed by atoms with Gasteiger partial charge in [-0.15, -0.1) is 0 Å². The van der Waals surface area contributed by atoms with Gasteiger partial charge in [-0.25, -0.2) is 17.6 Å². The van der Waals surface area contributed by atoms with Crippen LogP contribution in [0.15, 0.2) is 83.1 Å². The average Bonchev–Trinajstić information content (AvgIpc) is 3.52. The van der Waals surface area contributed by atoms with E-state index in [2.05, 4.69) is 22.0 Å². The van der Waals surface area contributed by atoms with Crippen LogP contribution in [0.3, 0.4) is 0 Å². The number of hydrogen-bond acceptors (Lipinski definition) is 2. The molecule has 0 saturated heterocycles. The molecule has 0 radical (unpaired) electrons. The van der Waals surface area contributed by atoms with E-state index < -0.39 is 42.4 Å². The van der Waals surface area contributed by atoms with Crippen LogP contribution in [-0.4, -0.2) is 25.1 Å². The molecular formula is C32H31F6NO. The third kappa shape index (κ3) is 6.60. The molecule has 2 aromatic carbocycles. The zero-order valence-corrected chi connectivity index (χ0v) is 22.4. The number of halogens is 6. The van der Waals surface area contributed by atoms with Gasteiger partial charge in [0.05, 0.1) is 11.1 Å². The number of allylic oxidation sites excluding steroid dienone is 6. The van der Waals surface area contributed by atoms with Crippen LogP contribution in [0.5, 0.6) is 0 Å². The van der Waals surface area contributed by atoms with Gasteiger partial charge in [0.2, 0.25) is 0 Å². The average molecular weight is 560 g/mol. The molecule has 4 rings (SSSR count). The quantitative estimate of drug-likeness (QED) is 0.153. The van der Waals surface area contributed by atoms with Gasteiger partial charge in [-0.1, -0.05) is 36.4 Å². The van der Waals surface area contributed by atoms with E-state index in [1.54, 1.807) is 6.07 Å². The standard InChI is InChI=1S/C32H31F6NO/c1-3-23(5-4-12-31-13-10-22(18-31)20-39-31)24-6-8-27(29(35)16-24)25-7-9-28(30(36)17-25)32(37,38)40-26(11-14-33)15-21(2)19-34/h3-9,11,15-17,20,22H,10,12-14,18-19H2,1-2H3/b5-4-,21-15+,23-3+,26-11+/t22?,31-/m0/s1. The highest BCUT2D eigenvalue weighted by atomic mass is 19.3. The Bertz CT molecular complexity index is 1390. The van der Waals surface area contributed by atoms with Crippen molar-refractivity contribution in [3.05, 3.63) is 101 Å². The number of ether oxygens (including phenoxy) is 1. The lowest BCUT2D eigenvalue weighted by Crippen LogP contribution is -2.19. The summed E-state index contributed by atoms with van der Waals surface area (Å²) >= 11 is 0. The fraction of sp³-hybridized carbons (Fsp3) is 0.344. The molecule has 0 spiro atoms. The van der Waals surface area contributed by atoms with Crippen LogP contribution in [-0.2, 0) is 10.8 Å². The molecule has 1 fully saturated rings. The molecule has 2 aliphatic rings. The largest absolute Gasteiger partial charge is 0.429 e. The molecule has 2 aromatic rings. The zero-order chi connectivity index (χ0) is 28.9. The maximum absolute atomic E-state index is 15.2. The highest BCUT2D eigenvalue weighted by Gasteiger charge is 2.41. The maximum atomic E-state index is 15.2. The van der Waals surface area contributed by atoms with Crippen LogP contribution >= 0.6 is 0 Å². The molecule has 8 heteroatoms. The Morgan fingerprint density at radius 1 is 1.12 bits per heavy atom. The van der Waals surface area contributed by atoms with Crippen molar-refractivity contribution in [2.75, 3.05) is 13.3 Å². The molecule has 2 atom stereocenters. The molecule has 1 aliphatic carbocycles. The van der Waals surface area contributed by atoms with E-state index in [0.717, 1.165) is 49.1 Å². The van der Waals surface area contributed by atoms with E-state index in [4.69, 9.17) is 0 Å². The van der Waals surface area contributed by atoms with E-state index in [1.165, 1.54) is 25.5 Å². The highest BCUT2D eigenvalue weighted by Crippen LogP contribution is 2.44. The van der Waals surface area contributed by atoms with Gasteiger partial charge < -0.3 is 4.74 Å². The monoisotopic (exact) mass is 559 g/mol. The number of aliphatic imine (C=N–C) groups is 1. The number of rotatable bonds is 11. The molecule has 2 nitrogen and oxygen atoms in total. The van der Waals surface area contributed by atoms with Gasteiger partial charge in [0.25, 0.3) is 0 Å². The summed E-state index contributed by atoms with van der Waals surface area (Å²) in [7, 11) is 0. The molecule has 0 aromatic heterocycles. The molecule has 1 heterocycles. The van der Waals surface area contributed by atoms with Crippen LogP contribution in [0.25, 0.3) is 16.7 Å². The topological polar surface area (TPSA) is 21.6 Å². The Balaban J connectivity index is 1.51. The van der Waals surface area contributed by atoms with Crippen molar-refractivity contribution in [3.63, 3.8) is 0 Å². The first kappa shape index (κ1) is 29.4. The summed E-state index contributed by atoms with van der Waals surface area (Å²) in [5, 5.41) is 0. The number of alkyl halides is 4. The fourth-order valence-electron chi connectivity index (χ4n) is 5.19. The molecule has 2 bridgehead atoms. The molecule has 1 unspecified atom stereocenters. The lowest BCUT2D eigenvalue weighted by molar-refractivity contribution is -0.223. The molecule has 0 amide bonds. The SMILES string of the molecule is C/C=C(\C=C/C[C@@]12CCC(C=N1)C2)c1ccc(-c2ccc(C(F)(F)OC(/C=C(\C)CF)=C/CF)c(F)c2)c(F)c1. The minimum Gasteiger partial charge on any atom is -0.429 e. The van der Waals surface area contributed by atoms with E-state index >= 15 is 4.39 Å². The van der Waals surface area contributed by atoms with Crippen LogP contribution in [0.4, 0.5) is 26.3 Å². The number of nitrogens with zero attached hydrogens (tertiary/aromatic N) is 1. The lowest BCUT2D eigenvalue weighted by Gasteiger charge is -2.20. The summed E-state index contributed by atoms with van der Waals surface area (Å²) in [5.74, 6) is -2.03. The second-order valence-corrected chi connectivity index (χ2v) is 10.2. The predicted octanol–water partition coefficient (Wildman–Crippen LogP) is 9.44. The Morgan fingerprint density at radius 2 is 1.93 bits per heavy atom. The van der Waals surface area contributed by atoms with Crippen molar-refractivity contribution in [1.29, 1.82) is 0 Å². The van der Waals surface area contributed by atoms with Gasteiger partial charge >= 0.3 is 6.11 Å². The first-order valence-electron chi connectivity index (χ1n) is 13.1. The first-order chi connectivity index (χ1) is 19.1. The van der Waals surface area contributed by atoms with Crippen molar-refractivity contribution in [2.24, 2.45) is 10.9 Å².